The molecule has 0 radical (unpaired) electrons. The lowest BCUT2D eigenvalue weighted by Gasteiger charge is -1.93. The average Bonchev–Trinajstić information content (AvgIpc) is 1.80. The highest BCUT2D eigenvalue weighted by atomic mass is 31.2. The summed E-state index contributed by atoms with van der Waals surface area (Å²) in [7, 11) is -4.64. The minimum atomic E-state index is -4.64. The summed E-state index contributed by atoms with van der Waals surface area (Å²) in [5.41, 5.74) is 0. The second-order valence-corrected chi connectivity index (χ2v) is 2.93. The maximum Gasteiger partial charge on any atom is 0.466 e. The van der Waals surface area contributed by atoms with Gasteiger partial charge < -0.3 is 24.9 Å². The summed E-state index contributed by atoms with van der Waals surface area (Å²) in [5.74, 6) is -2.12. The third-order valence-electron chi connectivity index (χ3n) is 0.552. The predicted molar refractivity (Wildman–Crippen MR) is 42.4 cm³/mol. The summed E-state index contributed by atoms with van der Waals surface area (Å²) in [6, 6.07) is 0. The molecule has 14 heavy (non-hydrogen) atoms. The Kier molecular flexibility index (Phi) is 8.20. The van der Waals surface area contributed by atoms with Crippen LogP contribution in [-0.2, 0) is 14.2 Å². The van der Waals surface area contributed by atoms with Gasteiger partial charge in [0, 0.05) is 0 Å². The summed E-state index contributed by atoms with van der Waals surface area (Å²) in [4.78, 5) is 41.0. The summed E-state index contributed by atoms with van der Waals surface area (Å²) in [6.45, 7) is -0.626. The Morgan fingerprint density at radius 3 is 1.36 bits per heavy atom. The van der Waals surface area contributed by atoms with Gasteiger partial charge in [0.15, 0.2) is 0 Å². The summed E-state index contributed by atoms with van der Waals surface area (Å²) in [6.07, 6.45) is 0. The Morgan fingerprint density at radius 1 is 1.00 bits per heavy atom. The summed E-state index contributed by atoms with van der Waals surface area (Å²) >= 11 is 0. The van der Waals surface area contributed by atoms with Crippen molar-refractivity contribution in [3.05, 3.63) is 0 Å². The number of aliphatic carboxylic acids is 2. The number of carbonyl (C=O) groups is 2. The second kappa shape index (κ2) is 7.42. The molecular formula is C4H10NO8P. The van der Waals surface area contributed by atoms with Gasteiger partial charge in [-0.05, 0) is 0 Å². The smallest absolute Gasteiger partial charge is 0.466 e. The van der Waals surface area contributed by atoms with Crippen molar-refractivity contribution in [2.75, 3.05) is 13.1 Å². The molecule has 0 heterocycles. The molecule has 0 bridgehead atoms. The third kappa shape index (κ3) is 44.0. The van der Waals surface area contributed by atoms with Crippen LogP contribution in [0, 0.1) is 0 Å². The Hall–Kier alpha value is -0.990. The molecule has 0 aliphatic heterocycles. The number of phosphoric acid groups is 1. The lowest BCUT2D eigenvalue weighted by atomic mass is 10.6. The zero-order valence-corrected chi connectivity index (χ0v) is 7.72. The van der Waals surface area contributed by atoms with E-state index in [4.69, 9.17) is 29.5 Å². The van der Waals surface area contributed by atoms with Crippen LogP contribution >= 0.6 is 7.82 Å². The SMILES string of the molecule is O=C(O)CNCC(=O)O.O=P(O)(O)O. The highest BCUT2D eigenvalue weighted by Gasteiger charge is 2.00. The monoisotopic (exact) mass is 231 g/mol. The van der Waals surface area contributed by atoms with E-state index in [2.05, 4.69) is 5.32 Å². The van der Waals surface area contributed by atoms with E-state index in [0.717, 1.165) is 0 Å². The minimum absolute atomic E-state index is 0.313. The first-order valence-corrected chi connectivity index (χ1v) is 4.62. The lowest BCUT2D eigenvalue weighted by Crippen LogP contribution is -2.27. The number of hydrogen-bond donors (Lipinski definition) is 6. The van der Waals surface area contributed by atoms with E-state index in [1.807, 2.05) is 0 Å². The van der Waals surface area contributed by atoms with E-state index in [1.165, 1.54) is 0 Å². The first kappa shape index (κ1) is 15.5. The Morgan fingerprint density at radius 2 is 1.21 bits per heavy atom. The van der Waals surface area contributed by atoms with Crippen LogP contribution in [0.2, 0.25) is 0 Å². The molecule has 0 aromatic rings. The van der Waals surface area contributed by atoms with Gasteiger partial charge in [-0.2, -0.15) is 0 Å². The molecule has 0 fully saturated rings. The first-order valence-electron chi connectivity index (χ1n) is 3.05. The van der Waals surface area contributed by atoms with Crippen molar-refractivity contribution in [3.8, 4) is 0 Å². The Balaban J connectivity index is 0. The maximum atomic E-state index is 9.73. The second-order valence-electron chi connectivity index (χ2n) is 1.90. The fraction of sp³-hybridized carbons (Fsp3) is 0.500. The third-order valence-corrected chi connectivity index (χ3v) is 0.552. The molecule has 0 atom stereocenters. The number of nitrogens with one attached hydrogen (secondary N) is 1. The van der Waals surface area contributed by atoms with Gasteiger partial charge in [-0.3, -0.25) is 14.9 Å². The number of hydrogen-bond acceptors (Lipinski definition) is 4. The lowest BCUT2D eigenvalue weighted by molar-refractivity contribution is -0.137. The summed E-state index contributed by atoms with van der Waals surface area (Å²) < 4.78 is 8.88. The molecule has 0 amide bonds. The van der Waals surface area contributed by atoms with Crippen molar-refractivity contribution in [2.45, 2.75) is 0 Å². The molecule has 9 nitrogen and oxygen atoms in total. The molecule has 10 heteroatoms. The average molecular weight is 231 g/mol. The van der Waals surface area contributed by atoms with Crippen molar-refractivity contribution in [1.29, 1.82) is 0 Å². The molecule has 0 aliphatic carbocycles. The fourth-order valence-corrected chi connectivity index (χ4v) is 0.276. The predicted octanol–water partition coefficient (Wildman–Crippen LogP) is -2.18. The zero-order valence-electron chi connectivity index (χ0n) is 6.82. The van der Waals surface area contributed by atoms with E-state index >= 15 is 0 Å². The zero-order chi connectivity index (χ0) is 11.8. The van der Waals surface area contributed by atoms with E-state index < -0.39 is 19.8 Å². The molecule has 84 valence electrons. The molecular weight excluding hydrogens is 221 g/mol. The Labute approximate surface area is 78.2 Å². The van der Waals surface area contributed by atoms with Gasteiger partial charge in [-0.1, -0.05) is 0 Å². The molecule has 0 rings (SSSR count). The molecule has 0 saturated carbocycles. The van der Waals surface area contributed by atoms with Crippen molar-refractivity contribution >= 4 is 19.8 Å². The highest BCUT2D eigenvalue weighted by Crippen LogP contribution is 2.25. The molecule has 0 unspecified atom stereocenters. The molecule has 0 aromatic carbocycles. The van der Waals surface area contributed by atoms with Crippen molar-refractivity contribution in [2.24, 2.45) is 0 Å². The molecule has 0 spiro atoms. The van der Waals surface area contributed by atoms with Crippen LogP contribution in [0.5, 0.6) is 0 Å². The van der Waals surface area contributed by atoms with Gasteiger partial charge in [0.25, 0.3) is 0 Å². The van der Waals surface area contributed by atoms with Crippen LogP contribution < -0.4 is 5.32 Å². The van der Waals surface area contributed by atoms with Crippen LogP contribution in [0.3, 0.4) is 0 Å². The van der Waals surface area contributed by atoms with Crippen LogP contribution in [0.1, 0.15) is 0 Å². The largest absolute Gasteiger partial charge is 0.480 e. The van der Waals surface area contributed by atoms with Gasteiger partial charge in [0.05, 0.1) is 13.1 Å². The molecule has 0 aliphatic rings. The summed E-state index contributed by atoms with van der Waals surface area (Å²) in [5, 5.41) is 18.1. The van der Waals surface area contributed by atoms with Crippen molar-refractivity contribution in [3.63, 3.8) is 0 Å². The number of rotatable bonds is 4. The topological polar surface area (TPSA) is 164 Å². The van der Waals surface area contributed by atoms with E-state index in [0.29, 0.717) is 0 Å². The van der Waals surface area contributed by atoms with Gasteiger partial charge in [-0.15, -0.1) is 0 Å². The molecule has 0 aromatic heterocycles. The number of carboxylic acids is 2. The Bertz CT molecular complexity index is 211. The van der Waals surface area contributed by atoms with Gasteiger partial charge in [0.1, 0.15) is 0 Å². The number of carboxylic acid groups (broad SMARTS) is 2. The van der Waals surface area contributed by atoms with E-state index in [1.54, 1.807) is 0 Å². The van der Waals surface area contributed by atoms with Gasteiger partial charge in [0.2, 0.25) is 0 Å². The molecule has 6 N–H and O–H groups in total. The first-order chi connectivity index (χ1) is 6.13. The highest BCUT2D eigenvalue weighted by molar-refractivity contribution is 7.45. The van der Waals surface area contributed by atoms with Crippen LogP contribution in [-0.4, -0.2) is 49.9 Å². The fourth-order valence-electron chi connectivity index (χ4n) is 0.276. The van der Waals surface area contributed by atoms with Crippen LogP contribution in [0.4, 0.5) is 0 Å². The van der Waals surface area contributed by atoms with Crippen molar-refractivity contribution in [1.82, 2.24) is 5.32 Å². The molecule has 0 saturated heterocycles. The van der Waals surface area contributed by atoms with E-state index in [-0.39, 0.29) is 13.1 Å². The van der Waals surface area contributed by atoms with Crippen LogP contribution in [0.25, 0.3) is 0 Å². The standard InChI is InChI=1S/C4H7NO4.H3O4P/c6-3(7)1-5-2-4(8)9;1-5(2,3)4/h5H,1-2H2,(H,6,7)(H,8,9);(H3,1,2,3,4). The van der Waals surface area contributed by atoms with E-state index in [9.17, 15) is 9.59 Å². The van der Waals surface area contributed by atoms with Gasteiger partial charge >= 0.3 is 19.8 Å². The van der Waals surface area contributed by atoms with Gasteiger partial charge in [-0.25, -0.2) is 4.57 Å². The van der Waals surface area contributed by atoms with Crippen molar-refractivity contribution < 1.29 is 39.0 Å². The normalized spacial score (nSPS) is 9.93. The maximum absolute atomic E-state index is 9.73. The quantitative estimate of drug-likeness (QED) is 0.295. The minimum Gasteiger partial charge on any atom is -0.480 e. The van der Waals surface area contributed by atoms with Crippen LogP contribution in [0.15, 0.2) is 0 Å².